The lowest BCUT2D eigenvalue weighted by atomic mass is 10.1. The highest BCUT2D eigenvalue weighted by molar-refractivity contribution is 5.12. The quantitative estimate of drug-likeness (QED) is 0.596. The normalized spacial score (nSPS) is 18.6. The highest BCUT2D eigenvalue weighted by Crippen LogP contribution is 2.29. The lowest BCUT2D eigenvalue weighted by molar-refractivity contribution is -0.0960. The van der Waals surface area contributed by atoms with Gasteiger partial charge in [-0.1, -0.05) is 19.9 Å². The summed E-state index contributed by atoms with van der Waals surface area (Å²) >= 11 is 0. The van der Waals surface area contributed by atoms with Crippen molar-refractivity contribution in [2.24, 2.45) is 0 Å². The van der Waals surface area contributed by atoms with Crippen LogP contribution in [0.3, 0.4) is 0 Å². The summed E-state index contributed by atoms with van der Waals surface area (Å²) in [6.07, 6.45) is -1.71. The Bertz CT molecular complexity index is 259. The molecule has 5 heteroatoms. The number of hydrogen-bond donors (Lipinski definition) is 1. The number of halogens is 3. The highest BCUT2D eigenvalue weighted by Gasteiger charge is 2.34. The summed E-state index contributed by atoms with van der Waals surface area (Å²) in [4.78, 5) is 2.07. The molecule has 17 heavy (non-hydrogen) atoms. The van der Waals surface area contributed by atoms with Gasteiger partial charge < -0.3 is 5.32 Å². The van der Waals surface area contributed by atoms with Crippen molar-refractivity contribution in [2.75, 3.05) is 26.2 Å². The van der Waals surface area contributed by atoms with Crippen LogP contribution in [0.5, 0.6) is 0 Å². The van der Waals surface area contributed by atoms with Crippen molar-refractivity contribution in [3.63, 3.8) is 0 Å². The fourth-order valence-electron chi connectivity index (χ4n) is 1.87. The predicted octanol–water partition coefficient (Wildman–Crippen LogP) is 2.57. The summed E-state index contributed by atoms with van der Waals surface area (Å²) in [7, 11) is 0. The molecular weight excluding hydrogens is 229 g/mol. The van der Waals surface area contributed by atoms with Gasteiger partial charge in [-0.25, -0.2) is 0 Å². The first kappa shape index (κ1) is 14.5. The Labute approximate surface area is 101 Å². The van der Waals surface area contributed by atoms with Crippen LogP contribution in [0.15, 0.2) is 11.6 Å². The van der Waals surface area contributed by atoms with E-state index in [0.717, 1.165) is 19.5 Å². The maximum absolute atomic E-state index is 12.4. The minimum Gasteiger partial charge on any atom is -0.314 e. The molecule has 1 rings (SSSR count). The molecule has 0 unspecified atom stereocenters. The van der Waals surface area contributed by atoms with Gasteiger partial charge in [-0.2, -0.15) is 13.2 Å². The van der Waals surface area contributed by atoms with Gasteiger partial charge in [-0.15, -0.1) is 0 Å². The molecule has 0 amide bonds. The molecule has 0 atom stereocenters. The average molecular weight is 250 g/mol. The number of nitrogens with one attached hydrogen (secondary N) is 1. The lowest BCUT2D eigenvalue weighted by Gasteiger charge is -2.27. The second-order valence-electron chi connectivity index (χ2n) is 4.74. The predicted molar refractivity (Wildman–Crippen MR) is 63.0 cm³/mol. The van der Waals surface area contributed by atoms with Crippen molar-refractivity contribution in [3.8, 4) is 0 Å². The molecular formula is C12H21F3N2. The third kappa shape index (κ3) is 5.55. The van der Waals surface area contributed by atoms with E-state index in [0.29, 0.717) is 19.1 Å². The molecule has 0 bridgehead atoms. The Kier molecular flexibility index (Phi) is 5.46. The van der Waals surface area contributed by atoms with Crippen molar-refractivity contribution in [2.45, 2.75) is 38.9 Å². The Balaban J connectivity index is 2.21. The van der Waals surface area contributed by atoms with Crippen LogP contribution >= 0.6 is 0 Å². The molecule has 0 spiro atoms. The van der Waals surface area contributed by atoms with E-state index < -0.39 is 6.18 Å². The molecule has 1 aliphatic heterocycles. The van der Waals surface area contributed by atoms with Crippen LogP contribution in [-0.2, 0) is 0 Å². The van der Waals surface area contributed by atoms with Crippen molar-refractivity contribution in [1.82, 2.24) is 10.2 Å². The number of nitrogens with zero attached hydrogens (tertiary/aromatic N) is 1. The summed E-state index contributed by atoms with van der Waals surface area (Å²) in [6, 6.07) is 0.466. The summed E-state index contributed by atoms with van der Waals surface area (Å²) in [5.74, 6) is 0. The van der Waals surface area contributed by atoms with Crippen molar-refractivity contribution < 1.29 is 13.2 Å². The monoisotopic (exact) mass is 250 g/mol. The number of rotatable bonds is 5. The Morgan fingerprint density at radius 1 is 1.41 bits per heavy atom. The fraction of sp³-hybridized carbons (Fsp3) is 0.833. The summed E-state index contributed by atoms with van der Waals surface area (Å²) in [6.45, 7) is 6.90. The van der Waals surface area contributed by atoms with Crippen LogP contribution in [0.4, 0.5) is 13.2 Å². The van der Waals surface area contributed by atoms with Crippen molar-refractivity contribution in [1.29, 1.82) is 0 Å². The van der Waals surface area contributed by atoms with Gasteiger partial charge in [0.1, 0.15) is 0 Å². The molecule has 0 fully saturated rings. The fourth-order valence-corrected chi connectivity index (χ4v) is 1.87. The van der Waals surface area contributed by atoms with Gasteiger partial charge in [0.05, 0.1) is 0 Å². The topological polar surface area (TPSA) is 15.3 Å². The van der Waals surface area contributed by atoms with Crippen LogP contribution in [0.2, 0.25) is 0 Å². The first-order valence-corrected chi connectivity index (χ1v) is 6.11. The first-order valence-electron chi connectivity index (χ1n) is 6.11. The zero-order valence-corrected chi connectivity index (χ0v) is 10.5. The van der Waals surface area contributed by atoms with Crippen LogP contribution in [0.1, 0.15) is 26.7 Å². The Morgan fingerprint density at radius 2 is 2.12 bits per heavy atom. The van der Waals surface area contributed by atoms with Gasteiger partial charge in [0.25, 0.3) is 0 Å². The zero-order valence-electron chi connectivity index (χ0n) is 10.5. The minimum atomic E-state index is -4.13. The van der Waals surface area contributed by atoms with E-state index in [4.69, 9.17) is 0 Å². The summed E-state index contributed by atoms with van der Waals surface area (Å²) in [5, 5.41) is 3.30. The van der Waals surface area contributed by atoms with Crippen LogP contribution < -0.4 is 5.32 Å². The molecule has 100 valence electrons. The molecule has 0 radical (unpaired) electrons. The third-order valence-electron chi connectivity index (χ3n) is 2.86. The highest BCUT2D eigenvalue weighted by atomic mass is 19.4. The van der Waals surface area contributed by atoms with Crippen LogP contribution in [0.25, 0.3) is 0 Å². The van der Waals surface area contributed by atoms with Crippen molar-refractivity contribution in [3.05, 3.63) is 11.6 Å². The maximum Gasteiger partial charge on any atom is 0.412 e. The largest absolute Gasteiger partial charge is 0.412 e. The van der Waals surface area contributed by atoms with Crippen LogP contribution in [0, 0.1) is 0 Å². The van der Waals surface area contributed by atoms with Gasteiger partial charge in [0, 0.05) is 24.7 Å². The minimum absolute atomic E-state index is 0.126. The third-order valence-corrected chi connectivity index (χ3v) is 2.86. The second-order valence-corrected chi connectivity index (χ2v) is 4.74. The molecule has 1 N–H and O–H groups in total. The van der Waals surface area contributed by atoms with E-state index in [9.17, 15) is 13.2 Å². The standard InChI is InChI=1S/C12H21F3N2/c1-10(2)16-6-3-7-17-8-4-11(5-9-17)12(13,14)15/h4,10,16H,3,5-9H2,1-2H3. The zero-order chi connectivity index (χ0) is 12.9. The number of alkyl halides is 3. The van der Waals surface area contributed by atoms with E-state index in [2.05, 4.69) is 24.1 Å². The first-order chi connectivity index (χ1) is 7.89. The van der Waals surface area contributed by atoms with Gasteiger partial charge in [0.2, 0.25) is 0 Å². The van der Waals surface area contributed by atoms with E-state index in [1.807, 2.05) is 0 Å². The van der Waals surface area contributed by atoms with Crippen LogP contribution in [-0.4, -0.2) is 43.3 Å². The molecule has 0 aliphatic carbocycles. The molecule has 0 saturated heterocycles. The SMILES string of the molecule is CC(C)NCCCN1CC=C(C(F)(F)F)CC1. The molecule has 1 aliphatic rings. The molecule has 0 aromatic heterocycles. The summed E-state index contributed by atoms with van der Waals surface area (Å²) in [5.41, 5.74) is -0.367. The number of hydrogen-bond acceptors (Lipinski definition) is 2. The van der Waals surface area contributed by atoms with E-state index >= 15 is 0 Å². The Morgan fingerprint density at radius 3 is 2.59 bits per heavy atom. The maximum atomic E-state index is 12.4. The van der Waals surface area contributed by atoms with Gasteiger partial charge in [-0.3, -0.25) is 4.90 Å². The summed E-state index contributed by atoms with van der Waals surface area (Å²) < 4.78 is 37.1. The molecule has 0 aromatic rings. The van der Waals surface area contributed by atoms with Gasteiger partial charge in [0.15, 0.2) is 0 Å². The average Bonchev–Trinajstić information content (AvgIpc) is 2.23. The van der Waals surface area contributed by atoms with Gasteiger partial charge in [-0.05, 0) is 25.9 Å². The van der Waals surface area contributed by atoms with Gasteiger partial charge >= 0.3 is 6.18 Å². The molecule has 2 nitrogen and oxygen atoms in total. The second kappa shape index (κ2) is 6.40. The lowest BCUT2D eigenvalue weighted by Crippen LogP contribution is -2.34. The smallest absolute Gasteiger partial charge is 0.314 e. The van der Waals surface area contributed by atoms with Crippen molar-refractivity contribution >= 4 is 0 Å². The van der Waals surface area contributed by atoms with E-state index in [1.165, 1.54) is 6.08 Å². The van der Waals surface area contributed by atoms with E-state index in [1.54, 1.807) is 0 Å². The molecule has 0 saturated carbocycles. The molecule has 0 aromatic carbocycles. The Hall–Kier alpha value is -0.550. The molecule has 1 heterocycles. The van der Waals surface area contributed by atoms with E-state index in [-0.39, 0.29) is 12.0 Å².